The van der Waals surface area contributed by atoms with Gasteiger partial charge in [0.15, 0.2) is 6.10 Å². The first-order valence-electron chi connectivity index (χ1n) is 8.88. The summed E-state index contributed by atoms with van der Waals surface area (Å²) in [7, 11) is -4.04. The van der Waals surface area contributed by atoms with Crippen LogP contribution in [0, 0.1) is 5.92 Å². The van der Waals surface area contributed by atoms with Crippen LogP contribution in [-0.2, 0) is 19.6 Å². The van der Waals surface area contributed by atoms with Gasteiger partial charge in [0.05, 0.1) is 15.5 Å². The van der Waals surface area contributed by atoms with Crippen molar-refractivity contribution in [2.45, 2.75) is 31.8 Å². The zero-order valence-corrected chi connectivity index (χ0v) is 18.1. The highest BCUT2D eigenvalue weighted by Gasteiger charge is 2.23. The van der Waals surface area contributed by atoms with Gasteiger partial charge in [-0.05, 0) is 49.4 Å². The standard InChI is InChI=1S/C20H21ClN2O6S/c1-11(2)19(25)23-14-6-4-13(5-7-14)18(24)12(3)29-20(26)16-10-15(30(22,27)28)8-9-17(16)21/h4-12H,1-3H3,(H,23,25)(H2,22,27,28). The average molecular weight is 453 g/mol. The largest absolute Gasteiger partial charge is 0.451 e. The first-order chi connectivity index (χ1) is 13.9. The van der Waals surface area contributed by atoms with E-state index in [-0.39, 0.29) is 32.9 Å². The molecular formula is C20H21ClN2O6S. The fourth-order valence-corrected chi connectivity index (χ4v) is 3.09. The van der Waals surface area contributed by atoms with Gasteiger partial charge in [-0.2, -0.15) is 0 Å². The summed E-state index contributed by atoms with van der Waals surface area (Å²) in [5.41, 5.74) is 0.568. The minimum Gasteiger partial charge on any atom is -0.451 e. The number of carbonyl (C=O) groups excluding carboxylic acids is 3. The van der Waals surface area contributed by atoms with E-state index in [0.29, 0.717) is 5.69 Å². The molecule has 0 saturated heterocycles. The third-order valence-electron chi connectivity index (χ3n) is 4.10. The Labute approximate surface area is 179 Å². The van der Waals surface area contributed by atoms with Crippen molar-refractivity contribution in [1.82, 2.24) is 0 Å². The number of hydrogen-bond donors (Lipinski definition) is 2. The number of benzene rings is 2. The molecule has 10 heteroatoms. The zero-order chi connectivity index (χ0) is 22.6. The summed E-state index contributed by atoms with van der Waals surface area (Å²) < 4.78 is 28.1. The molecule has 30 heavy (non-hydrogen) atoms. The Morgan fingerprint density at radius 3 is 2.17 bits per heavy atom. The maximum absolute atomic E-state index is 12.6. The van der Waals surface area contributed by atoms with Crippen LogP contribution < -0.4 is 10.5 Å². The number of carbonyl (C=O) groups is 3. The number of nitrogens with two attached hydrogens (primary N) is 1. The molecule has 2 rings (SSSR count). The third-order valence-corrected chi connectivity index (χ3v) is 5.34. The minimum absolute atomic E-state index is 0.0442. The fourth-order valence-electron chi connectivity index (χ4n) is 2.35. The van der Waals surface area contributed by atoms with E-state index in [1.807, 2.05) is 0 Å². The van der Waals surface area contributed by atoms with Crippen LogP contribution in [-0.4, -0.2) is 32.2 Å². The van der Waals surface area contributed by atoms with Crippen LogP contribution in [0.4, 0.5) is 5.69 Å². The highest BCUT2D eigenvalue weighted by molar-refractivity contribution is 7.89. The average Bonchev–Trinajstić information content (AvgIpc) is 2.67. The number of Topliss-reactive ketones (excluding diaryl/α,β-unsaturated/α-hetero) is 1. The Kier molecular flexibility index (Phi) is 7.35. The lowest BCUT2D eigenvalue weighted by Crippen LogP contribution is -2.25. The topological polar surface area (TPSA) is 133 Å². The summed E-state index contributed by atoms with van der Waals surface area (Å²) in [6.07, 6.45) is -1.16. The normalized spacial score (nSPS) is 12.3. The van der Waals surface area contributed by atoms with Crippen LogP contribution in [0.25, 0.3) is 0 Å². The number of primary sulfonamides is 1. The Morgan fingerprint density at radius 1 is 1.03 bits per heavy atom. The van der Waals surface area contributed by atoms with Crippen LogP contribution in [0.2, 0.25) is 5.02 Å². The lowest BCUT2D eigenvalue weighted by molar-refractivity contribution is -0.118. The molecule has 1 amide bonds. The second-order valence-electron chi connectivity index (χ2n) is 6.82. The minimum atomic E-state index is -4.04. The van der Waals surface area contributed by atoms with Crippen LogP contribution in [0.5, 0.6) is 0 Å². The molecule has 1 atom stereocenters. The molecule has 0 bridgehead atoms. The summed E-state index contributed by atoms with van der Waals surface area (Å²) in [6.45, 7) is 4.90. The molecule has 0 spiro atoms. The van der Waals surface area contributed by atoms with Crippen molar-refractivity contribution in [3.63, 3.8) is 0 Å². The number of sulfonamides is 1. The molecule has 2 aromatic carbocycles. The molecule has 0 aliphatic rings. The second kappa shape index (κ2) is 9.38. The molecule has 2 aromatic rings. The van der Waals surface area contributed by atoms with Gasteiger partial charge in [-0.3, -0.25) is 9.59 Å². The van der Waals surface area contributed by atoms with Crippen molar-refractivity contribution in [1.29, 1.82) is 0 Å². The highest BCUT2D eigenvalue weighted by Crippen LogP contribution is 2.22. The van der Waals surface area contributed by atoms with E-state index in [1.54, 1.807) is 26.0 Å². The number of rotatable bonds is 7. The van der Waals surface area contributed by atoms with Gasteiger partial charge in [-0.25, -0.2) is 18.4 Å². The van der Waals surface area contributed by atoms with Crippen molar-refractivity contribution in [3.8, 4) is 0 Å². The summed E-state index contributed by atoms with van der Waals surface area (Å²) in [5.74, 6) is -1.80. The maximum atomic E-state index is 12.6. The first kappa shape index (κ1) is 23.5. The molecule has 0 heterocycles. The molecule has 0 aliphatic heterocycles. The van der Waals surface area contributed by atoms with Crippen LogP contribution in [0.3, 0.4) is 0 Å². The van der Waals surface area contributed by atoms with E-state index in [2.05, 4.69) is 5.32 Å². The Bertz CT molecular complexity index is 1080. The Balaban J connectivity index is 2.12. The van der Waals surface area contributed by atoms with Crippen LogP contribution >= 0.6 is 11.6 Å². The third kappa shape index (κ3) is 5.88. The number of anilines is 1. The van der Waals surface area contributed by atoms with E-state index in [0.717, 1.165) is 12.1 Å². The summed E-state index contributed by atoms with van der Waals surface area (Å²) in [6, 6.07) is 9.47. The zero-order valence-electron chi connectivity index (χ0n) is 16.5. The van der Waals surface area contributed by atoms with Crippen LogP contribution in [0.15, 0.2) is 47.4 Å². The number of esters is 1. The van der Waals surface area contributed by atoms with Crippen molar-refractivity contribution in [2.24, 2.45) is 11.1 Å². The van der Waals surface area contributed by atoms with E-state index in [4.69, 9.17) is 21.5 Å². The van der Waals surface area contributed by atoms with Gasteiger partial charge >= 0.3 is 5.97 Å². The molecule has 3 N–H and O–H groups in total. The fraction of sp³-hybridized carbons (Fsp3) is 0.250. The number of amides is 1. The van der Waals surface area contributed by atoms with Gasteiger partial charge in [0.2, 0.25) is 21.7 Å². The first-order valence-corrected chi connectivity index (χ1v) is 10.8. The smallest absolute Gasteiger partial charge is 0.340 e. The van der Waals surface area contributed by atoms with Gasteiger partial charge in [-0.1, -0.05) is 25.4 Å². The maximum Gasteiger partial charge on any atom is 0.340 e. The summed E-state index contributed by atoms with van der Waals surface area (Å²) in [5, 5.41) is 7.72. The molecule has 160 valence electrons. The Hall–Kier alpha value is -2.75. The Morgan fingerprint density at radius 2 is 1.63 bits per heavy atom. The molecule has 0 saturated carbocycles. The summed E-state index contributed by atoms with van der Waals surface area (Å²) >= 11 is 5.95. The lowest BCUT2D eigenvalue weighted by Gasteiger charge is -2.14. The van der Waals surface area contributed by atoms with Crippen molar-refractivity contribution in [2.75, 3.05) is 5.32 Å². The number of ketones is 1. The number of nitrogens with one attached hydrogen (secondary N) is 1. The van der Waals surface area contributed by atoms with Gasteiger partial charge in [0.1, 0.15) is 0 Å². The summed E-state index contributed by atoms with van der Waals surface area (Å²) in [4.78, 5) is 36.3. The predicted molar refractivity (Wildman–Crippen MR) is 112 cm³/mol. The molecular weight excluding hydrogens is 432 g/mol. The van der Waals surface area contributed by atoms with E-state index < -0.39 is 27.9 Å². The molecule has 0 radical (unpaired) electrons. The SMILES string of the molecule is CC(C)C(=O)Nc1ccc(C(=O)C(C)OC(=O)c2cc(S(N)(=O)=O)ccc2Cl)cc1. The molecule has 0 aromatic heterocycles. The van der Waals surface area contributed by atoms with Crippen molar-refractivity contribution >= 4 is 45.0 Å². The van der Waals surface area contributed by atoms with Gasteiger partial charge < -0.3 is 10.1 Å². The van der Waals surface area contributed by atoms with E-state index >= 15 is 0 Å². The quantitative estimate of drug-likeness (QED) is 0.490. The van der Waals surface area contributed by atoms with Crippen molar-refractivity contribution in [3.05, 3.63) is 58.6 Å². The molecule has 0 fully saturated rings. The van der Waals surface area contributed by atoms with Gasteiger partial charge in [0.25, 0.3) is 0 Å². The monoisotopic (exact) mass is 452 g/mol. The number of hydrogen-bond acceptors (Lipinski definition) is 6. The lowest BCUT2D eigenvalue weighted by atomic mass is 10.1. The van der Waals surface area contributed by atoms with Gasteiger partial charge in [-0.15, -0.1) is 0 Å². The number of halogens is 1. The van der Waals surface area contributed by atoms with E-state index in [9.17, 15) is 22.8 Å². The van der Waals surface area contributed by atoms with Gasteiger partial charge in [0, 0.05) is 17.2 Å². The molecule has 0 aliphatic carbocycles. The predicted octanol–water partition coefficient (Wildman–Crippen LogP) is 3.01. The van der Waals surface area contributed by atoms with Crippen molar-refractivity contribution < 1.29 is 27.5 Å². The molecule has 8 nitrogen and oxygen atoms in total. The van der Waals surface area contributed by atoms with Crippen LogP contribution in [0.1, 0.15) is 41.5 Å². The highest BCUT2D eigenvalue weighted by atomic mass is 35.5. The number of ether oxygens (including phenoxy) is 1. The second-order valence-corrected chi connectivity index (χ2v) is 8.79. The van der Waals surface area contributed by atoms with E-state index in [1.165, 1.54) is 25.1 Å². The molecule has 1 unspecified atom stereocenters.